The smallest absolute Gasteiger partial charge is 0.126 e. The molecule has 1 atom stereocenters. The van der Waals surface area contributed by atoms with Gasteiger partial charge in [-0.25, -0.2) is 0 Å². The summed E-state index contributed by atoms with van der Waals surface area (Å²) in [7, 11) is 0. The molecular formula is C13H15N3O. The first-order chi connectivity index (χ1) is 8.07. The van der Waals surface area contributed by atoms with Crippen molar-refractivity contribution in [3.63, 3.8) is 0 Å². The lowest BCUT2D eigenvalue weighted by Crippen LogP contribution is -2.11. The Hall–Kier alpha value is -2.15. The Morgan fingerprint density at radius 3 is 2.65 bits per heavy atom. The highest BCUT2D eigenvalue weighted by atomic mass is 16.3. The van der Waals surface area contributed by atoms with E-state index in [4.69, 9.17) is 15.4 Å². The van der Waals surface area contributed by atoms with Crippen LogP contribution in [0.5, 0.6) is 0 Å². The van der Waals surface area contributed by atoms with Crippen LogP contribution in [0.4, 0.5) is 5.82 Å². The third kappa shape index (κ3) is 1.60. The number of furan rings is 1. The van der Waals surface area contributed by atoms with Gasteiger partial charge < -0.3 is 14.7 Å². The summed E-state index contributed by atoms with van der Waals surface area (Å²) in [5.41, 5.74) is 8.51. The summed E-state index contributed by atoms with van der Waals surface area (Å²) < 4.78 is 7.32. The topological polar surface area (TPSA) is 67.9 Å². The summed E-state index contributed by atoms with van der Waals surface area (Å²) in [6.45, 7) is 5.88. The average Bonchev–Trinajstić information content (AvgIpc) is 2.88. The highest BCUT2D eigenvalue weighted by Crippen LogP contribution is 2.30. The molecule has 88 valence electrons. The number of rotatable bonds is 2. The highest BCUT2D eigenvalue weighted by Gasteiger charge is 2.21. The van der Waals surface area contributed by atoms with Gasteiger partial charge in [-0.3, -0.25) is 0 Å². The highest BCUT2D eigenvalue weighted by molar-refractivity contribution is 5.58. The molecule has 0 aliphatic carbocycles. The number of hydrogen-bond donors (Lipinski definition) is 1. The van der Waals surface area contributed by atoms with E-state index in [0.29, 0.717) is 11.4 Å². The van der Waals surface area contributed by atoms with E-state index < -0.39 is 0 Å². The number of aromatic nitrogens is 1. The van der Waals surface area contributed by atoms with Crippen molar-refractivity contribution >= 4 is 5.82 Å². The van der Waals surface area contributed by atoms with Crippen molar-refractivity contribution in [2.45, 2.75) is 26.8 Å². The van der Waals surface area contributed by atoms with Crippen LogP contribution in [0.1, 0.15) is 35.5 Å². The summed E-state index contributed by atoms with van der Waals surface area (Å²) in [6, 6.07) is 5.89. The van der Waals surface area contributed by atoms with Crippen molar-refractivity contribution < 1.29 is 4.42 Å². The van der Waals surface area contributed by atoms with Crippen molar-refractivity contribution in [1.82, 2.24) is 4.57 Å². The van der Waals surface area contributed by atoms with Gasteiger partial charge in [0.1, 0.15) is 17.6 Å². The van der Waals surface area contributed by atoms with Crippen LogP contribution in [0.25, 0.3) is 0 Å². The molecule has 0 aromatic carbocycles. The Balaban J connectivity index is 2.58. The van der Waals surface area contributed by atoms with Crippen LogP contribution in [0.15, 0.2) is 22.8 Å². The van der Waals surface area contributed by atoms with Gasteiger partial charge in [-0.1, -0.05) is 0 Å². The van der Waals surface area contributed by atoms with E-state index in [0.717, 1.165) is 17.0 Å². The van der Waals surface area contributed by atoms with E-state index in [9.17, 15) is 0 Å². The molecule has 1 unspecified atom stereocenters. The third-order valence-electron chi connectivity index (χ3n) is 3.25. The number of anilines is 1. The molecule has 0 aliphatic rings. The van der Waals surface area contributed by atoms with Gasteiger partial charge in [0.2, 0.25) is 0 Å². The van der Waals surface area contributed by atoms with Crippen LogP contribution in [0.2, 0.25) is 0 Å². The number of nitrogen functional groups attached to an aromatic ring is 1. The molecule has 2 aromatic heterocycles. The van der Waals surface area contributed by atoms with Crippen molar-refractivity contribution in [2.24, 2.45) is 0 Å². The maximum atomic E-state index is 9.08. The first kappa shape index (κ1) is 11.3. The van der Waals surface area contributed by atoms with Crippen molar-refractivity contribution in [1.29, 1.82) is 5.26 Å². The molecule has 0 saturated heterocycles. The van der Waals surface area contributed by atoms with Gasteiger partial charge in [0.05, 0.1) is 17.9 Å². The van der Waals surface area contributed by atoms with Crippen LogP contribution in [-0.2, 0) is 0 Å². The van der Waals surface area contributed by atoms with Crippen molar-refractivity contribution in [3.8, 4) is 6.07 Å². The fourth-order valence-electron chi connectivity index (χ4n) is 2.15. The first-order valence-corrected chi connectivity index (χ1v) is 5.48. The largest absolute Gasteiger partial charge is 0.467 e. The van der Waals surface area contributed by atoms with E-state index in [1.807, 2.05) is 37.5 Å². The molecule has 0 saturated carbocycles. The molecule has 0 amide bonds. The minimum absolute atomic E-state index is 0.00852. The van der Waals surface area contributed by atoms with E-state index in [-0.39, 0.29) is 6.04 Å². The first-order valence-electron chi connectivity index (χ1n) is 5.48. The van der Waals surface area contributed by atoms with Gasteiger partial charge in [-0.15, -0.1) is 0 Å². The zero-order chi connectivity index (χ0) is 12.6. The molecule has 2 rings (SSSR count). The number of nitrogens with zero attached hydrogens (tertiary/aromatic N) is 2. The zero-order valence-electron chi connectivity index (χ0n) is 10.2. The predicted octanol–water partition coefficient (Wildman–Crippen LogP) is 2.76. The lowest BCUT2D eigenvalue weighted by Gasteiger charge is -2.15. The Bertz CT molecular complexity index is 573. The summed E-state index contributed by atoms with van der Waals surface area (Å²) in [5, 5.41) is 9.08. The van der Waals surface area contributed by atoms with Gasteiger partial charge in [-0.2, -0.15) is 5.26 Å². The van der Waals surface area contributed by atoms with E-state index in [1.54, 1.807) is 6.26 Å². The van der Waals surface area contributed by atoms with Gasteiger partial charge >= 0.3 is 0 Å². The molecule has 0 aliphatic heterocycles. The minimum atomic E-state index is -0.00852. The molecular weight excluding hydrogens is 214 g/mol. The Labute approximate surface area is 100 Å². The summed E-state index contributed by atoms with van der Waals surface area (Å²) >= 11 is 0. The molecule has 0 spiro atoms. The average molecular weight is 229 g/mol. The molecule has 4 nitrogen and oxygen atoms in total. The molecule has 0 fully saturated rings. The third-order valence-corrected chi connectivity index (χ3v) is 3.25. The fourth-order valence-corrected chi connectivity index (χ4v) is 2.15. The normalized spacial score (nSPS) is 12.4. The number of nitriles is 1. The second kappa shape index (κ2) is 4.02. The summed E-state index contributed by atoms with van der Waals surface area (Å²) in [4.78, 5) is 0. The van der Waals surface area contributed by atoms with E-state index in [2.05, 4.69) is 6.07 Å². The van der Waals surface area contributed by atoms with Crippen LogP contribution >= 0.6 is 0 Å². The Kier molecular flexibility index (Phi) is 2.68. The number of hydrogen-bond acceptors (Lipinski definition) is 3. The number of nitrogens with two attached hydrogens (primary N) is 1. The van der Waals surface area contributed by atoms with E-state index >= 15 is 0 Å². The molecule has 0 bridgehead atoms. The van der Waals surface area contributed by atoms with Gasteiger partial charge in [-0.05, 0) is 38.5 Å². The SMILES string of the molecule is Cc1c(C#N)c(N)n(C(C)c2ccco2)c1C. The standard InChI is InChI=1S/C13H15N3O/c1-8-9(2)16(13(15)11(8)7-14)10(3)12-5-4-6-17-12/h4-6,10H,15H2,1-3H3. The molecule has 2 aromatic rings. The summed E-state index contributed by atoms with van der Waals surface area (Å²) in [6.07, 6.45) is 1.64. The maximum absolute atomic E-state index is 9.08. The predicted molar refractivity (Wildman–Crippen MR) is 65.6 cm³/mol. The molecule has 17 heavy (non-hydrogen) atoms. The van der Waals surface area contributed by atoms with Gasteiger partial charge in [0.15, 0.2) is 0 Å². The zero-order valence-corrected chi connectivity index (χ0v) is 10.2. The Morgan fingerprint density at radius 2 is 2.18 bits per heavy atom. The van der Waals surface area contributed by atoms with Crippen LogP contribution in [0.3, 0.4) is 0 Å². The molecule has 0 radical (unpaired) electrons. The van der Waals surface area contributed by atoms with Crippen molar-refractivity contribution in [2.75, 3.05) is 5.73 Å². The monoisotopic (exact) mass is 229 g/mol. The van der Waals surface area contributed by atoms with E-state index in [1.165, 1.54) is 0 Å². The van der Waals surface area contributed by atoms with Crippen LogP contribution in [0, 0.1) is 25.2 Å². The minimum Gasteiger partial charge on any atom is -0.467 e. The van der Waals surface area contributed by atoms with Crippen molar-refractivity contribution in [3.05, 3.63) is 41.0 Å². The molecule has 2 heterocycles. The Morgan fingerprint density at radius 1 is 1.47 bits per heavy atom. The van der Waals surface area contributed by atoms with Crippen LogP contribution < -0.4 is 5.73 Å². The van der Waals surface area contributed by atoms with Gasteiger partial charge in [0, 0.05) is 5.69 Å². The quantitative estimate of drug-likeness (QED) is 0.860. The molecule has 2 N–H and O–H groups in total. The second-order valence-corrected chi connectivity index (χ2v) is 4.14. The second-order valence-electron chi connectivity index (χ2n) is 4.14. The fraction of sp³-hybridized carbons (Fsp3) is 0.308. The lowest BCUT2D eigenvalue weighted by molar-refractivity contribution is 0.445. The van der Waals surface area contributed by atoms with Gasteiger partial charge in [0.25, 0.3) is 0 Å². The van der Waals surface area contributed by atoms with Crippen LogP contribution in [-0.4, -0.2) is 4.57 Å². The summed E-state index contributed by atoms with van der Waals surface area (Å²) in [5.74, 6) is 1.34. The lowest BCUT2D eigenvalue weighted by atomic mass is 10.2. The maximum Gasteiger partial charge on any atom is 0.126 e. The molecule has 4 heteroatoms.